The maximum Gasteiger partial charge on any atom is 0.344 e. The highest BCUT2D eigenvalue weighted by Gasteiger charge is 2.11. The van der Waals surface area contributed by atoms with E-state index in [4.69, 9.17) is 14.2 Å². The van der Waals surface area contributed by atoms with Crippen molar-refractivity contribution >= 4 is 43.5 Å². The van der Waals surface area contributed by atoms with Gasteiger partial charge in [0.25, 0.3) is 0 Å². The predicted molar refractivity (Wildman–Crippen MR) is 146 cm³/mol. The third kappa shape index (κ3) is 7.37. The number of fused-ring (bicyclic) bond motifs is 3. The Hall–Kier alpha value is -3.80. The second kappa shape index (κ2) is 12.2. The number of carbonyl (C=O) groups excluding carboxylic acids is 1. The molecular formula is C27H31N3O7S. The van der Waals surface area contributed by atoms with Crippen molar-refractivity contribution in [3.63, 3.8) is 0 Å². The first kappa shape index (κ1) is 27.2. The van der Waals surface area contributed by atoms with Crippen LogP contribution in [-0.4, -0.2) is 63.6 Å². The summed E-state index contributed by atoms with van der Waals surface area (Å²) in [7, 11) is -3.39. The highest BCUT2D eigenvalue weighted by atomic mass is 32.2. The lowest BCUT2D eigenvalue weighted by Gasteiger charge is -2.14. The molecule has 1 atom stereocenters. The van der Waals surface area contributed by atoms with Crippen molar-refractivity contribution in [2.24, 2.45) is 0 Å². The summed E-state index contributed by atoms with van der Waals surface area (Å²) < 4.78 is 41.5. The molecular weight excluding hydrogens is 510 g/mol. The van der Waals surface area contributed by atoms with Gasteiger partial charge in [0.2, 0.25) is 10.0 Å². The number of aliphatic hydroxyl groups is 1. The predicted octanol–water partition coefficient (Wildman–Crippen LogP) is 3.34. The number of aromatic nitrogens is 1. The van der Waals surface area contributed by atoms with Crippen LogP contribution in [0.2, 0.25) is 0 Å². The fourth-order valence-corrected chi connectivity index (χ4v) is 4.57. The Bertz CT molecular complexity index is 1520. The Morgan fingerprint density at radius 2 is 1.68 bits per heavy atom. The smallest absolute Gasteiger partial charge is 0.344 e. The summed E-state index contributed by atoms with van der Waals surface area (Å²) in [6.45, 7) is 3.10. The van der Waals surface area contributed by atoms with Crippen LogP contribution < -0.4 is 19.5 Å². The van der Waals surface area contributed by atoms with Crippen LogP contribution in [0.5, 0.6) is 11.5 Å². The molecule has 0 radical (unpaired) electrons. The first-order valence-electron chi connectivity index (χ1n) is 12.1. The van der Waals surface area contributed by atoms with Gasteiger partial charge in [0.15, 0.2) is 6.61 Å². The SMILES string of the molecule is CCOC(=O)COc1ccc2c(c1)[nH]c1cc(OCCNCC(O)c3cccc(NS(C)(=O)=O)c3)ccc12. The number of H-pyrrole nitrogens is 1. The van der Waals surface area contributed by atoms with E-state index in [1.165, 1.54) is 0 Å². The summed E-state index contributed by atoms with van der Waals surface area (Å²) in [6, 6.07) is 18.1. The van der Waals surface area contributed by atoms with Gasteiger partial charge < -0.3 is 29.6 Å². The molecule has 1 heterocycles. The number of carbonyl (C=O) groups is 1. The molecule has 10 nitrogen and oxygen atoms in total. The molecule has 0 amide bonds. The van der Waals surface area contributed by atoms with Gasteiger partial charge in [-0.15, -0.1) is 0 Å². The lowest BCUT2D eigenvalue weighted by Crippen LogP contribution is -2.26. The standard InChI is InChI=1S/C27H31N3O7S/c1-3-35-27(32)17-37-21-8-10-23-22-9-7-20(14-24(22)29-25(23)15-21)36-12-11-28-16-26(31)18-5-4-6-19(13-18)30-38(2,33)34/h4-10,13-15,26,28-31H,3,11-12,16-17H2,1-2H3. The summed E-state index contributed by atoms with van der Waals surface area (Å²) in [5.74, 6) is 0.858. The zero-order valence-corrected chi connectivity index (χ0v) is 22.0. The molecule has 0 aliphatic rings. The Kier molecular flexibility index (Phi) is 8.72. The number of ether oxygens (including phenoxy) is 3. The van der Waals surface area contributed by atoms with E-state index in [9.17, 15) is 18.3 Å². The van der Waals surface area contributed by atoms with Crippen LogP contribution in [0, 0.1) is 0 Å². The largest absolute Gasteiger partial charge is 0.492 e. The van der Waals surface area contributed by atoms with Crippen LogP contribution >= 0.6 is 0 Å². The van der Waals surface area contributed by atoms with Gasteiger partial charge in [0.05, 0.1) is 30.0 Å². The third-order valence-corrected chi connectivity index (χ3v) is 6.27. The van der Waals surface area contributed by atoms with Gasteiger partial charge in [-0.3, -0.25) is 4.72 Å². The van der Waals surface area contributed by atoms with E-state index in [1.807, 2.05) is 36.4 Å². The lowest BCUT2D eigenvalue weighted by atomic mass is 10.1. The molecule has 1 unspecified atom stereocenters. The molecule has 11 heteroatoms. The first-order chi connectivity index (χ1) is 18.2. The van der Waals surface area contributed by atoms with E-state index in [0.29, 0.717) is 42.5 Å². The molecule has 4 rings (SSSR count). The fourth-order valence-electron chi connectivity index (χ4n) is 4.01. The topological polar surface area (TPSA) is 139 Å². The van der Waals surface area contributed by atoms with E-state index in [-0.39, 0.29) is 13.2 Å². The molecule has 0 bridgehead atoms. The highest BCUT2D eigenvalue weighted by Crippen LogP contribution is 2.30. The summed E-state index contributed by atoms with van der Waals surface area (Å²) in [5, 5.41) is 15.7. The molecule has 1 aromatic heterocycles. The Morgan fingerprint density at radius 3 is 2.34 bits per heavy atom. The van der Waals surface area contributed by atoms with Crippen LogP contribution in [0.25, 0.3) is 21.8 Å². The quantitative estimate of drug-likeness (QED) is 0.149. The summed E-state index contributed by atoms with van der Waals surface area (Å²) in [6.07, 6.45) is 0.278. The van der Waals surface area contributed by atoms with Crippen molar-refractivity contribution in [3.05, 3.63) is 66.2 Å². The van der Waals surface area contributed by atoms with Crippen molar-refractivity contribution in [2.45, 2.75) is 13.0 Å². The molecule has 0 aliphatic carbocycles. The van der Waals surface area contributed by atoms with E-state index < -0.39 is 22.1 Å². The van der Waals surface area contributed by atoms with Gasteiger partial charge in [0, 0.05) is 41.7 Å². The minimum absolute atomic E-state index is 0.143. The van der Waals surface area contributed by atoms with Gasteiger partial charge in [-0.2, -0.15) is 0 Å². The van der Waals surface area contributed by atoms with E-state index >= 15 is 0 Å². The molecule has 0 fully saturated rings. The highest BCUT2D eigenvalue weighted by molar-refractivity contribution is 7.92. The lowest BCUT2D eigenvalue weighted by molar-refractivity contribution is -0.145. The monoisotopic (exact) mass is 541 g/mol. The maximum atomic E-state index is 11.5. The number of esters is 1. The van der Waals surface area contributed by atoms with Gasteiger partial charge in [-0.1, -0.05) is 12.1 Å². The van der Waals surface area contributed by atoms with Crippen molar-refractivity contribution < 1.29 is 32.5 Å². The van der Waals surface area contributed by atoms with Crippen LogP contribution in [-0.2, 0) is 19.6 Å². The Morgan fingerprint density at radius 1 is 1.00 bits per heavy atom. The Labute approximate surface area is 221 Å². The van der Waals surface area contributed by atoms with Gasteiger partial charge in [-0.25, -0.2) is 13.2 Å². The molecule has 0 saturated carbocycles. The molecule has 4 aromatic rings. The number of sulfonamides is 1. The van der Waals surface area contributed by atoms with E-state index in [2.05, 4.69) is 15.0 Å². The molecule has 38 heavy (non-hydrogen) atoms. The fraction of sp³-hybridized carbons (Fsp3) is 0.296. The molecule has 4 N–H and O–H groups in total. The van der Waals surface area contributed by atoms with Crippen molar-refractivity contribution in [1.29, 1.82) is 0 Å². The molecule has 0 aliphatic heterocycles. The minimum Gasteiger partial charge on any atom is -0.492 e. The van der Waals surface area contributed by atoms with Crippen LogP contribution in [0.15, 0.2) is 60.7 Å². The average molecular weight is 542 g/mol. The number of anilines is 1. The Balaban J connectivity index is 1.28. The van der Waals surface area contributed by atoms with Crippen molar-refractivity contribution in [3.8, 4) is 11.5 Å². The second-order valence-corrected chi connectivity index (χ2v) is 10.5. The number of nitrogens with one attached hydrogen (secondary N) is 3. The van der Waals surface area contributed by atoms with Crippen molar-refractivity contribution in [2.75, 3.05) is 43.9 Å². The van der Waals surface area contributed by atoms with E-state index in [0.717, 1.165) is 28.1 Å². The third-order valence-electron chi connectivity index (χ3n) is 5.66. The summed E-state index contributed by atoms with van der Waals surface area (Å²) >= 11 is 0. The molecule has 202 valence electrons. The van der Waals surface area contributed by atoms with Gasteiger partial charge in [0.1, 0.15) is 18.1 Å². The number of hydrogen-bond donors (Lipinski definition) is 4. The first-order valence-corrected chi connectivity index (χ1v) is 14.0. The zero-order chi connectivity index (χ0) is 27.1. The minimum atomic E-state index is -3.39. The van der Waals surface area contributed by atoms with Gasteiger partial charge >= 0.3 is 5.97 Å². The van der Waals surface area contributed by atoms with E-state index in [1.54, 1.807) is 31.2 Å². The number of rotatable bonds is 13. The van der Waals surface area contributed by atoms with Crippen molar-refractivity contribution in [1.82, 2.24) is 10.3 Å². The van der Waals surface area contributed by atoms with Crippen LogP contribution in [0.3, 0.4) is 0 Å². The number of aliphatic hydroxyl groups excluding tert-OH is 1. The number of aromatic amines is 1. The normalized spacial score (nSPS) is 12.4. The van der Waals surface area contributed by atoms with Crippen LogP contribution in [0.4, 0.5) is 5.69 Å². The number of hydrogen-bond acceptors (Lipinski definition) is 8. The summed E-state index contributed by atoms with van der Waals surface area (Å²) in [5.41, 5.74) is 2.79. The molecule has 0 spiro atoms. The maximum absolute atomic E-state index is 11.5. The van der Waals surface area contributed by atoms with Gasteiger partial charge in [-0.05, 0) is 48.9 Å². The summed E-state index contributed by atoms with van der Waals surface area (Å²) in [4.78, 5) is 14.9. The van der Waals surface area contributed by atoms with Crippen LogP contribution in [0.1, 0.15) is 18.6 Å². The molecule has 3 aromatic carbocycles. The molecule has 0 saturated heterocycles. The number of benzene rings is 3. The second-order valence-electron chi connectivity index (χ2n) is 8.70. The average Bonchev–Trinajstić information content (AvgIpc) is 3.23. The zero-order valence-electron chi connectivity index (χ0n) is 21.2.